The Morgan fingerprint density at radius 1 is 1.10 bits per heavy atom. The van der Waals surface area contributed by atoms with E-state index in [9.17, 15) is 4.79 Å². The van der Waals surface area contributed by atoms with Crippen LogP contribution in [0.4, 0.5) is 5.69 Å². The highest BCUT2D eigenvalue weighted by Crippen LogP contribution is 2.35. The van der Waals surface area contributed by atoms with Gasteiger partial charge in [0.05, 0.1) is 17.0 Å². The molecule has 29 heavy (non-hydrogen) atoms. The number of carbonyl (C=O) groups is 1. The van der Waals surface area contributed by atoms with Gasteiger partial charge in [0, 0.05) is 9.79 Å². The number of benzene rings is 2. The lowest BCUT2D eigenvalue weighted by atomic mass is 10.3. The van der Waals surface area contributed by atoms with Crippen molar-refractivity contribution >= 4 is 35.1 Å². The molecule has 0 bridgehead atoms. The summed E-state index contributed by atoms with van der Waals surface area (Å²) in [5.74, 6) is -0.0583. The van der Waals surface area contributed by atoms with Crippen LogP contribution in [0.15, 0.2) is 69.5 Å². The standard InChI is InChI=1S/C21H23N5OS2/c1-15(28-21-23-24-25-26(21)16-9-5-6-10-16)20(27)22-18-13-7-8-14-19(18)29-17-11-3-2-4-12-17/h2-4,7-8,11-16H,5-6,9-10H2,1H3,(H,22,27). The van der Waals surface area contributed by atoms with Crippen molar-refractivity contribution < 1.29 is 4.79 Å². The van der Waals surface area contributed by atoms with E-state index in [1.165, 1.54) is 24.6 Å². The molecule has 1 amide bonds. The number of hydrogen-bond donors (Lipinski definition) is 1. The Morgan fingerprint density at radius 3 is 2.62 bits per heavy atom. The Balaban J connectivity index is 1.43. The molecule has 0 spiro atoms. The van der Waals surface area contributed by atoms with Crippen molar-refractivity contribution in [3.63, 3.8) is 0 Å². The summed E-state index contributed by atoms with van der Waals surface area (Å²) in [5.41, 5.74) is 0.814. The monoisotopic (exact) mass is 425 g/mol. The van der Waals surface area contributed by atoms with E-state index < -0.39 is 0 Å². The number of nitrogens with one attached hydrogen (secondary N) is 1. The minimum absolute atomic E-state index is 0.0583. The topological polar surface area (TPSA) is 72.7 Å². The zero-order valence-electron chi connectivity index (χ0n) is 16.2. The van der Waals surface area contributed by atoms with E-state index in [-0.39, 0.29) is 11.2 Å². The Labute approximate surface area is 178 Å². The van der Waals surface area contributed by atoms with Crippen molar-refractivity contribution in [1.82, 2.24) is 20.2 Å². The van der Waals surface area contributed by atoms with Crippen LogP contribution < -0.4 is 5.32 Å². The fraction of sp³-hybridized carbons (Fsp3) is 0.333. The van der Waals surface area contributed by atoms with Crippen LogP contribution >= 0.6 is 23.5 Å². The van der Waals surface area contributed by atoms with Crippen LogP contribution in [0.2, 0.25) is 0 Å². The van der Waals surface area contributed by atoms with Crippen molar-refractivity contribution in [2.24, 2.45) is 0 Å². The summed E-state index contributed by atoms with van der Waals surface area (Å²) >= 11 is 3.04. The third-order valence-electron chi connectivity index (χ3n) is 4.90. The van der Waals surface area contributed by atoms with Gasteiger partial charge in [0.15, 0.2) is 0 Å². The summed E-state index contributed by atoms with van der Waals surface area (Å²) in [7, 11) is 0. The lowest BCUT2D eigenvalue weighted by Gasteiger charge is -2.15. The predicted molar refractivity (Wildman–Crippen MR) is 116 cm³/mol. The molecule has 0 radical (unpaired) electrons. The molecule has 1 aliphatic rings. The van der Waals surface area contributed by atoms with E-state index in [1.807, 2.05) is 54.1 Å². The van der Waals surface area contributed by atoms with Gasteiger partial charge in [-0.3, -0.25) is 4.79 Å². The molecule has 1 aromatic heterocycles. The van der Waals surface area contributed by atoms with Gasteiger partial charge in [0.1, 0.15) is 0 Å². The number of anilines is 1. The summed E-state index contributed by atoms with van der Waals surface area (Å²) in [5, 5.41) is 15.6. The normalized spacial score (nSPS) is 15.3. The minimum Gasteiger partial charge on any atom is -0.324 e. The van der Waals surface area contributed by atoms with Crippen LogP contribution in [0.5, 0.6) is 0 Å². The molecule has 8 heteroatoms. The number of aromatic nitrogens is 4. The molecule has 1 saturated carbocycles. The van der Waals surface area contributed by atoms with Crippen LogP contribution in [0.25, 0.3) is 0 Å². The first kappa shape index (κ1) is 20.0. The summed E-state index contributed by atoms with van der Waals surface area (Å²) in [6, 6.07) is 18.4. The van der Waals surface area contributed by atoms with Gasteiger partial charge in [-0.2, -0.15) is 0 Å². The molecule has 6 nitrogen and oxygen atoms in total. The second-order valence-electron chi connectivity index (χ2n) is 7.00. The molecule has 1 heterocycles. The van der Waals surface area contributed by atoms with E-state index in [1.54, 1.807) is 11.8 Å². The zero-order chi connectivity index (χ0) is 20.1. The fourth-order valence-corrected chi connectivity index (χ4v) is 5.14. The van der Waals surface area contributed by atoms with Crippen LogP contribution in [0, 0.1) is 0 Å². The number of para-hydroxylation sites is 1. The van der Waals surface area contributed by atoms with Gasteiger partial charge >= 0.3 is 0 Å². The number of nitrogens with zero attached hydrogens (tertiary/aromatic N) is 4. The molecule has 1 N–H and O–H groups in total. The average Bonchev–Trinajstić information content (AvgIpc) is 3.42. The first-order chi connectivity index (χ1) is 14.2. The first-order valence-corrected chi connectivity index (χ1v) is 11.5. The van der Waals surface area contributed by atoms with Gasteiger partial charge < -0.3 is 5.32 Å². The molecule has 4 rings (SSSR count). The van der Waals surface area contributed by atoms with Gasteiger partial charge in [0.2, 0.25) is 11.1 Å². The second kappa shape index (κ2) is 9.45. The van der Waals surface area contributed by atoms with Crippen LogP contribution in [-0.2, 0) is 4.79 Å². The Bertz CT molecular complexity index is 956. The molecule has 1 atom stereocenters. The van der Waals surface area contributed by atoms with Crippen molar-refractivity contribution in [2.45, 2.75) is 58.8 Å². The number of amides is 1. The van der Waals surface area contributed by atoms with Crippen molar-refractivity contribution in [3.05, 3.63) is 54.6 Å². The van der Waals surface area contributed by atoms with Crippen LogP contribution in [0.3, 0.4) is 0 Å². The number of thioether (sulfide) groups is 1. The highest BCUT2D eigenvalue weighted by Gasteiger charge is 2.25. The van der Waals surface area contributed by atoms with E-state index in [2.05, 4.69) is 33.0 Å². The van der Waals surface area contributed by atoms with Gasteiger partial charge in [-0.25, -0.2) is 4.68 Å². The first-order valence-electron chi connectivity index (χ1n) is 9.78. The molecule has 150 valence electrons. The lowest BCUT2D eigenvalue weighted by molar-refractivity contribution is -0.115. The fourth-order valence-electron chi connectivity index (χ4n) is 3.36. The third kappa shape index (κ3) is 5.00. The van der Waals surface area contributed by atoms with Gasteiger partial charge in [-0.15, -0.1) is 5.10 Å². The van der Waals surface area contributed by atoms with E-state index in [0.717, 1.165) is 28.3 Å². The molecule has 0 aliphatic heterocycles. The maximum Gasteiger partial charge on any atom is 0.237 e. The molecular weight excluding hydrogens is 402 g/mol. The Hall–Kier alpha value is -2.32. The smallest absolute Gasteiger partial charge is 0.237 e. The van der Waals surface area contributed by atoms with Gasteiger partial charge in [0.25, 0.3) is 0 Å². The molecule has 1 aliphatic carbocycles. The Kier molecular flexibility index (Phi) is 6.51. The molecule has 2 aromatic carbocycles. The Morgan fingerprint density at radius 2 is 1.83 bits per heavy atom. The third-order valence-corrected chi connectivity index (χ3v) is 7.03. The van der Waals surface area contributed by atoms with E-state index in [4.69, 9.17) is 0 Å². The van der Waals surface area contributed by atoms with Crippen LogP contribution in [0.1, 0.15) is 38.6 Å². The van der Waals surface area contributed by atoms with Gasteiger partial charge in [-0.1, -0.05) is 66.7 Å². The quantitative estimate of drug-likeness (QED) is 0.534. The predicted octanol–water partition coefficient (Wildman–Crippen LogP) is 5.06. The molecular formula is C21H23N5OS2. The highest BCUT2D eigenvalue weighted by molar-refractivity contribution is 8.00. The number of rotatable bonds is 7. The molecule has 3 aromatic rings. The van der Waals surface area contributed by atoms with E-state index in [0.29, 0.717) is 11.2 Å². The summed E-state index contributed by atoms with van der Waals surface area (Å²) in [6.07, 6.45) is 4.62. The lowest BCUT2D eigenvalue weighted by Crippen LogP contribution is -2.23. The second-order valence-corrected chi connectivity index (χ2v) is 9.43. The van der Waals surface area contributed by atoms with Crippen molar-refractivity contribution in [1.29, 1.82) is 0 Å². The summed E-state index contributed by atoms with van der Waals surface area (Å²) in [4.78, 5) is 15.0. The molecule has 1 fully saturated rings. The number of hydrogen-bond acceptors (Lipinski definition) is 6. The highest BCUT2D eigenvalue weighted by atomic mass is 32.2. The average molecular weight is 426 g/mol. The van der Waals surface area contributed by atoms with Crippen molar-refractivity contribution in [2.75, 3.05) is 5.32 Å². The number of tetrazole rings is 1. The summed E-state index contributed by atoms with van der Waals surface area (Å²) < 4.78 is 1.89. The maximum atomic E-state index is 12.9. The SMILES string of the molecule is CC(Sc1nnnn1C1CCCC1)C(=O)Nc1ccccc1Sc1ccccc1. The maximum absolute atomic E-state index is 12.9. The zero-order valence-corrected chi connectivity index (χ0v) is 17.8. The van der Waals surface area contributed by atoms with Gasteiger partial charge in [-0.05, 0) is 54.5 Å². The number of carbonyl (C=O) groups excluding carboxylic acids is 1. The van der Waals surface area contributed by atoms with Crippen molar-refractivity contribution in [3.8, 4) is 0 Å². The molecule has 1 unspecified atom stereocenters. The largest absolute Gasteiger partial charge is 0.324 e. The minimum atomic E-state index is -0.309. The molecule has 0 saturated heterocycles. The summed E-state index contributed by atoms with van der Waals surface area (Å²) in [6.45, 7) is 1.89. The van der Waals surface area contributed by atoms with E-state index >= 15 is 0 Å². The van der Waals surface area contributed by atoms with Crippen LogP contribution in [-0.4, -0.2) is 31.4 Å².